The van der Waals surface area contributed by atoms with Crippen LogP contribution in [0.5, 0.6) is 5.75 Å². The molecule has 0 fully saturated rings. The van der Waals surface area contributed by atoms with Gasteiger partial charge in [0.1, 0.15) is 11.6 Å². The number of carbonyl (C=O) groups excluding carboxylic acids is 1. The van der Waals surface area contributed by atoms with Crippen LogP contribution in [0.4, 0.5) is 10.1 Å². The molecule has 1 N–H and O–H groups in total. The fourth-order valence-electron chi connectivity index (χ4n) is 1.81. The minimum atomic E-state index is -0.575. The first-order valence-electron chi connectivity index (χ1n) is 6.60. The first-order chi connectivity index (χ1) is 10.1. The molecule has 1 amide bonds. The summed E-state index contributed by atoms with van der Waals surface area (Å²) >= 11 is 3.19. The van der Waals surface area contributed by atoms with E-state index >= 15 is 0 Å². The van der Waals surface area contributed by atoms with E-state index in [9.17, 15) is 9.18 Å². The second-order valence-corrected chi connectivity index (χ2v) is 5.25. The number of ether oxygens (including phenoxy) is 1. The highest BCUT2D eigenvalue weighted by molar-refractivity contribution is 9.10. The first kappa shape index (κ1) is 15.5. The van der Waals surface area contributed by atoms with Gasteiger partial charge in [-0.15, -0.1) is 0 Å². The summed E-state index contributed by atoms with van der Waals surface area (Å²) in [5.41, 5.74) is 0.494. The molecular formula is C16H15BrFNO2. The summed E-state index contributed by atoms with van der Waals surface area (Å²) < 4.78 is 19.8. The zero-order valence-corrected chi connectivity index (χ0v) is 13.1. The van der Waals surface area contributed by atoms with Crippen molar-refractivity contribution in [1.29, 1.82) is 0 Å². The highest BCUT2D eigenvalue weighted by Crippen LogP contribution is 2.26. The maximum Gasteiger partial charge on any atom is 0.259 e. The maximum absolute atomic E-state index is 13.8. The molecule has 0 bridgehead atoms. The summed E-state index contributed by atoms with van der Waals surface area (Å²) in [5.74, 6) is -0.526. The van der Waals surface area contributed by atoms with Crippen LogP contribution in [-0.4, -0.2) is 12.5 Å². The van der Waals surface area contributed by atoms with Gasteiger partial charge in [0.2, 0.25) is 0 Å². The van der Waals surface area contributed by atoms with Crippen molar-refractivity contribution in [2.24, 2.45) is 0 Å². The van der Waals surface area contributed by atoms with Gasteiger partial charge in [0.25, 0.3) is 5.91 Å². The quantitative estimate of drug-likeness (QED) is 0.852. The Balaban J connectivity index is 2.24. The van der Waals surface area contributed by atoms with Crippen molar-refractivity contribution in [2.75, 3.05) is 11.9 Å². The Kier molecular flexibility index (Phi) is 5.33. The molecule has 0 aliphatic carbocycles. The van der Waals surface area contributed by atoms with Gasteiger partial charge >= 0.3 is 0 Å². The number of carbonyl (C=O) groups is 1. The van der Waals surface area contributed by atoms with Gasteiger partial charge in [0, 0.05) is 4.47 Å². The Hall–Kier alpha value is -1.88. The average Bonchev–Trinajstić information content (AvgIpc) is 2.46. The normalized spacial score (nSPS) is 10.2. The van der Waals surface area contributed by atoms with Gasteiger partial charge in [-0.1, -0.05) is 25.1 Å². The lowest BCUT2D eigenvalue weighted by Crippen LogP contribution is -2.15. The van der Waals surface area contributed by atoms with E-state index in [1.54, 1.807) is 24.3 Å². The van der Waals surface area contributed by atoms with Crippen LogP contribution in [0.15, 0.2) is 46.9 Å². The van der Waals surface area contributed by atoms with E-state index < -0.39 is 11.7 Å². The summed E-state index contributed by atoms with van der Waals surface area (Å²) in [6.07, 6.45) is 0.862. The van der Waals surface area contributed by atoms with Crippen LogP contribution in [0.2, 0.25) is 0 Å². The molecule has 0 aromatic heterocycles. The van der Waals surface area contributed by atoms with Crippen molar-refractivity contribution in [1.82, 2.24) is 0 Å². The fraction of sp³-hybridized carbons (Fsp3) is 0.188. The van der Waals surface area contributed by atoms with Gasteiger partial charge in [-0.3, -0.25) is 4.79 Å². The molecule has 2 aromatic rings. The summed E-state index contributed by atoms with van der Waals surface area (Å²) in [6.45, 7) is 2.55. The van der Waals surface area contributed by atoms with Crippen molar-refractivity contribution in [3.63, 3.8) is 0 Å². The van der Waals surface area contributed by atoms with Gasteiger partial charge < -0.3 is 10.1 Å². The molecule has 0 radical (unpaired) electrons. The molecule has 0 spiro atoms. The number of hydrogen-bond acceptors (Lipinski definition) is 2. The standard InChI is InChI=1S/C16H15BrFNO2/c1-2-10-21-14-9-4-3-8-13(14)19-16(20)15-11(17)6-5-7-12(15)18/h3-9H,2,10H2,1H3,(H,19,20). The predicted molar refractivity (Wildman–Crippen MR) is 84.3 cm³/mol. The van der Waals surface area contributed by atoms with Crippen molar-refractivity contribution in [3.05, 3.63) is 58.3 Å². The predicted octanol–water partition coefficient (Wildman–Crippen LogP) is 4.63. The van der Waals surface area contributed by atoms with Crippen LogP contribution in [-0.2, 0) is 0 Å². The highest BCUT2D eigenvalue weighted by atomic mass is 79.9. The first-order valence-corrected chi connectivity index (χ1v) is 7.40. The van der Waals surface area contributed by atoms with Crippen molar-refractivity contribution >= 4 is 27.5 Å². The van der Waals surface area contributed by atoms with Gasteiger partial charge in [0.05, 0.1) is 17.9 Å². The van der Waals surface area contributed by atoms with Crippen LogP contribution in [0.3, 0.4) is 0 Å². The third-order valence-electron chi connectivity index (χ3n) is 2.79. The summed E-state index contributed by atoms with van der Waals surface area (Å²) in [7, 11) is 0. The van der Waals surface area contributed by atoms with E-state index in [4.69, 9.17) is 4.74 Å². The van der Waals surface area contributed by atoms with Crippen molar-refractivity contribution in [2.45, 2.75) is 13.3 Å². The van der Waals surface area contributed by atoms with Crippen LogP contribution < -0.4 is 10.1 Å². The largest absolute Gasteiger partial charge is 0.491 e. The number of halogens is 2. The van der Waals surface area contributed by atoms with Crippen LogP contribution >= 0.6 is 15.9 Å². The Morgan fingerprint density at radius 2 is 2.00 bits per heavy atom. The van der Waals surface area contributed by atoms with E-state index in [0.29, 0.717) is 22.5 Å². The zero-order chi connectivity index (χ0) is 15.2. The van der Waals surface area contributed by atoms with E-state index in [0.717, 1.165) is 6.42 Å². The highest BCUT2D eigenvalue weighted by Gasteiger charge is 2.16. The molecule has 0 aliphatic heterocycles. The van der Waals surface area contributed by atoms with Crippen LogP contribution in [0, 0.1) is 5.82 Å². The SMILES string of the molecule is CCCOc1ccccc1NC(=O)c1c(F)cccc1Br. The molecule has 0 atom stereocenters. The van der Waals surface area contributed by atoms with E-state index in [2.05, 4.69) is 21.2 Å². The Bertz CT molecular complexity index is 626. The molecular weight excluding hydrogens is 337 g/mol. The Morgan fingerprint density at radius 1 is 1.24 bits per heavy atom. The monoisotopic (exact) mass is 351 g/mol. The second kappa shape index (κ2) is 7.22. The lowest BCUT2D eigenvalue weighted by molar-refractivity contribution is 0.102. The molecule has 0 heterocycles. The second-order valence-electron chi connectivity index (χ2n) is 4.40. The van der Waals surface area contributed by atoms with Crippen molar-refractivity contribution < 1.29 is 13.9 Å². The van der Waals surface area contributed by atoms with E-state index in [-0.39, 0.29) is 5.56 Å². The third kappa shape index (κ3) is 3.82. The van der Waals surface area contributed by atoms with Crippen LogP contribution in [0.25, 0.3) is 0 Å². The molecule has 0 saturated carbocycles. The zero-order valence-electron chi connectivity index (χ0n) is 11.5. The molecule has 21 heavy (non-hydrogen) atoms. The molecule has 0 unspecified atom stereocenters. The molecule has 2 rings (SSSR count). The van der Waals surface area contributed by atoms with E-state index in [1.165, 1.54) is 12.1 Å². The van der Waals surface area contributed by atoms with Gasteiger partial charge in [-0.05, 0) is 46.6 Å². The minimum Gasteiger partial charge on any atom is -0.491 e. The van der Waals surface area contributed by atoms with Crippen LogP contribution in [0.1, 0.15) is 23.7 Å². The average molecular weight is 352 g/mol. The molecule has 0 aliphatic rings. The molecule has 2 aromatic carbocycles. The summed E-state index contributed by atoms with van der Waals surface area (Å²) in [4.78, 5) is 12.2. The lowest BCUT2D eigenvalue weighted by atomic mass is 10.2. The van der Waals surface area contributed by atoms with Crippen molar-refractivity contribution in [3.8, 4) is 5.75 Å². The van der Waals surface area contributed by atoms with E-state index in [1.807, 2.05) is 13.0 Å². The summed E-state index contributed by atoms with van der Waals surface area (Å²) in [6, 6.07) is 11.5. The molecule has 110 valence electrons. The Labute approximate surface area is 131 Å². The summed E-state index contributed by atoms with van der Waals surface area (Å²) in [5, 5.41) is 2.68. The number of benzene rings is 2. The van der Waals surface area contributed by atoms with Gasteiger partial charge in [0.15, 0.2) is 0 Å². The maximum atomic E-state index is 13.8. The topological polar surface area (TPSA) is 38.3 Å². The third-order valence-corrected chi connectivity index (χ3v) is 3.45. The number of para-hydroxylation sites is 2. The van der Waals surface area contributed by atoms with Gasteiger partial charge in [-0.2, -0.15) is 0 Å². The Morgan fingerprint density at radius 3 is 2.71 bits per heavy atom. The molecule has 3 nitrogen and oxygen atoms in total. The number of amides is 1. The fourth-order valence-corrected chi connectivity index (χ4v) is 2.33. The number of hydrogen-bond donors (Lipinski definition) is 1. The minimum absolute atomic E-state index is 0.0252. The molecule has 5 heteroatoms. The number of anilines is 1. The number of nitrogens with one attached hydrogen (secondary N) is 1. The van der Waals surface area contributed by atoms with Gasteiger partial charge in [-0.25, -0.2) is 4.39 Å². The lowest BCUT2D eigenvalue weighted by Gasteiger charge is -2.12. The number of rotatable bonds is 5. The molecule has 0 saturated heterocycles. The smallest absolute Gasteiger partial charge is 0.259 e.